The monoisotopic (exact) mass is 437 g/mol. The molecule has 1 saturated carbocycles. The molecule has 2 atom stereocenters. The summed E-state index contributed by atoms with van der Waals surface area (Å²) in [7, 11) is 0. The van der Waals surface area contributed by atoms with Gasteiger partial charge in [-0.1, -0.05) is 19.8 Å². The molecule has 1 heterocycles. The zero-order valence-electron chi connectivity index (χ0n) is 13.5. The Balaban J connectivity index is 0.00000242. The van der Waals surface area contributed by atoms with Crippen LogP contribution in [-0.2, 0) is 6.54 Å². The van der Waals surface area contributed by atoms with E-state index < -0.39 is 0 Å². The van der Waals surface area contributed by atoms with Gasteiger partial charge in [0.15, 0.2) is 5.96 Å². The number of guanidine groups is 1. The maximum absolute atomic E-state index is 10.3. The Morgan fingerprint density at radius 1 is 1.45 bits per heavy atom. The number of hydrogen-bond acceptors (Lipinski definition) is 3. The summed E-state index contributed by atoms with van der Waals surface area (Å²) < 4.78 is 0. The van der Waals surface area contributed by atoms with Gasteiger partial charge in [-0.2, -0.15) is 11.3 Å². The van der Waals surface area contributed by atoms with Crippen LogP contribution in [0.3, 0.4) is 0 Å². The van der Waals surface area contributed by atoms with Crippen molar-refractivity contribution < 1.29 is 5.11 Å². The van der Waals surface area contributed by atoms with Gasteiger partial charge in [0.1, 0.15) is 0 Å². The third-order valence-electron chi connectivity index (χ3n) is 4.28. The number of nitrogens with zero attached hydrogens (tertiary/aromatic N) is 1. The van der Waals surface area contributed by atoms with Crippen LogP contribution in [0.5, 0.6) is 0 Å². The molecule has 4 nitrogen and oxygen atoms in total. The molecule has 1 aliphatic rings. The first-order valence-electron chi connectivity index (χ1n) is 7.85. The Kier molecular flexibility index (Phi) is 8.71. The summed E-state index contributed by atoms with van der Waals surface area (Å²) in [6, 6.07) is 2.10. The summed E-state index contributed by atoms with van der Waals surface area (Å²) in [5.41, 5.74) is 1.19. The lowest BCUT2D eigenvalue weighted by molar-refractivity contribution is 0.00397. The molecule has 22 heavy (non-hydrogen) atoms. The molecular formula is C16H28IN3OS. The van der Waals surface area contributed by atoms with E-state index in [2.05, 4.69) is 46.3 Å². The van der Waals surface area contributed by atoms with Gasteiger partial charge < -0.3 is 15.7 Å². The molecule has 2 rings (SSSR count). The highest BCUT2D eigenvalue weighted by Crippen LogP contribution is 2.35. The normalized spacial score (nSPS) is 25.4. The van der Waals surface area contributed by atoms with Crippen LogP contribution in [-0.4, -0.2) is 30.3 Å². The summed E-state index contributed by atoms with van der Waals surface area (Å²) >= 11 is 1.70. The first kappa shape index (κ1) is 19.7. The highest BCUT2D eigenvalue weighted by atomic mass is 127. The van der Waals surface area contributed by atoms with Crippen LogP contribution >= 0.6 is 35.3 Å². The van der Waals surface area contributed by atoms with Crippen molar-refractivity contribution in [2.45, 2.75) is 52.2 Å². The van der Waals surface area contributed by atoms with Crippen molar-refractivity contribution in [3.8, 4) is 0 Å². The molecule has 0 radical (unpaired) electrons. The molecule has 6 heteroatoms. The molecule has 0 aromatic carbocycles. The predicted molar refractivity (Wildman–Crippen MR) is 105 cm³/mol. The Hall–Kier alpha value is -0.340. The van der Waals surface area contributed by atoms with Crippen LogP contribution in [0.2, 0.25) is 0 Å². The molecule has 1 aliphatic carbocycles. The highest BCUT2D eigenvalue weighted by Gasteiger charge is 2.35. The van der Waals surface area contributed by atoms with E-state index in [9.17, 15) is 5.11 Å². The smallest absolute Gasteiger partial charge is 0.191 e. The van der Waals surface area contributed by atoms with Gasteiger partial charge in [-0.15, -0.1) is 24.0 Å². The molecule has 1 fully saturated rings. The lowest BCUT2D eigenvalue weighted by Gasteiger charge is -2.38. The van der Waals surface area contributed by atoms with E-state index in [1.54, 1.807) is 11.3 Å². The molecule has 2 unspecified atom stereocenters. The first-order valence-corrected chi connectivity index (χ1v) is 8.79. The van der Waals surface area contributed by atoms with E-state index >= 15 is 0 Å². The maximum atomic E-state index is 10.3. The second kappa shape index (κ2) is 9.72. The van der Waals surface area contributed by atoms with Crippen molar-refractivity contribution >= 4 is 41.3 Å². The number of aliphatic hydroxyl groups is 1. The van der Waals surface area contributed by atoms with E-state index in [-0.39, 0.29) is 35.5 Å². The first-order chi connectivity index (χ1) is 10.1. The molecule has 0 spiro atoms. The average Bonchev–Trinajstić information content (AvgIpc) is 2.99. The molecule has 1 aromatic heterocycles. The van der Waals surface area contributed by atoms with E-state index in [0.717, 1.165) is 38.3 Å². The fourth-order valence-corrected chi connectivity index (χ4v) is 3.43. The van der Waals surface area contributed by atoms with Gasteiger partial charge in [0.25, 0.3) is 0 Å². The Morgan fingerprint density at radius 3 is 2.91 bits per heavy atom. The number of aliphatic imine (C=N–C) groups is 1. The molecule has 3 N–H and O–H groups in total. The molecule has 0 saturated heterocycles. The van der Waals surface area contributed by atoms with Crippen LogP contribution < -0.4 is 10.6 Å². The van der Waals surface area contributed by atoms with Crippen molar-refractivity contribution in [1.82, 2.24) is 10.6 Å². The van der Waals surface area contributed by atoms with E-state index in [1.807, 2.05) is 0 Å². The third-order valence-corrected chi connectivity index (χ3v) is 5.02. The molecule has 0 bridgehead atoms. The lowest BCUT2D eigenvalue weighted by Crippen LogP contribution is -2.48. The molecular weight excluding hydrogens is 409 g/mol. The summed E-state index contributed by atoms with van der Waals surface area (Å²) in [6.45, 7) is 6.54. The Morgan fingerprint density at radius 2 is 2.27 bits per heavy atom. The Labute approximate surface area is 154 Å². The number of thiophene rings is 1. The van der Waals surface area contributed by atoms with Crippen molar-refractivity contribution in [2.75, 3.05) is 13.1 Å². The largest absolute Gasteiger partial charge is 0.392 e. The molecule has 1 aromatic rings. The van der Waals surface area contributed by atoms with Crippen molar-refractivity contribution in [3.63, 3.8) is 0 Å². The number of aliphatic hydroxyl groups excluding tert-OH is 1. The van der Waals surface area contributed by atoms with Crippen LogP contribution in [0, 0.1) is 5.41 Å². The van der Waals surface area contributed by atoms with Crippen molar-refractivity contribution in [1.29, 1.82) is 0 Å². The fourth-order valence-electron chi connectivity index (χ4n) is 2.77. The summed E-state index contributed by atoms with van der Waals surface area (Å²) in [6.07, 6.45) is 4.13. The van der Waals surface area contributed by atoms with Gasteiger partial charge in [-0.25, -0.2) is 4.99 Å². The predicted octanol–water partition coefficient (Wildman–Crippen LogP) is 3.36. The van der Waals surface area contributed by atoms with Crippen LogP contribution in [0.1, 0.15) is 45.1 Å². The van der Waals surface area contributed by atoms with Crippen LogP contribution in [0.4, 0.5) is 0 Å². The number of halogens is 1. The van der Waals surface area contributed by atoms with Crippen LogP contribution in [0.25, 0.3) is 0 Å². The fraction of sp³-hybridized carbons (Fsp3) is 0.688. The maximum Gasteiger partial charge on any atom is 0.191 e. The van der Waals surface area contributed by atoms with Gasteiger partial charge in [0.2, 0.25) is 0 Å². The van der Waals surface area contributed by atoms with Crippen molar-refractivity contribution in [3.05, 3.63) is 22.4 Å². The lowest BCUT2D eigenvalue weighted by atomic mass is 9.73. The standard InChI is InChI=1S/C16H27N3OS.HI/c1-3-17-15(18-10-13-7-9-21-11-13)19-12-16(2)8-5-4-6-14(16)20;/h7,9,11,14,20H,3-6,8,10,12H2,1-2H3,(H2,17,18,19);1H. The van der Waals surface area contributed by atoms with Crippen molar-refractivity contribution in [2.24, 2.45) is 10.4 Å². The zero-order chi connectivity index (χ0) is 15.1. The minimum absolute atomic E-state index is 0. The second-order valence-electron chi connectivity index (χ2n) is 6.10. The Bertz CT molecular complexity index is 452. The highest BCUT2D eigenvalue weighted by molar-refractivity contribution is 14.0. The number of nitrogens with one attached hydrogen (secondary N) is 2. The number of rotatable bonds is 5. The zero-order valence-corrected chi connectivity index (χ0v) is 16.6. The summed E-state index contributed by atoms with van der Waals surface area (Å²) in [4.78, 5) is 4.62. The molecule has 0 amide bonds. The van der Waals surface area contributed by atoms with E-state index in [0.29, 0.717) is 6.54 Å². The third kappa shape index (κ3) is 5.70. The quantitative estimate of drug-likeness (QED) is 0.376. The molecule has 126 valence electrons. The van der Waals surface area contributed by atoms with Gasteiger partial charge >= 0.3 is 0 Å². The molecule has 0 aliphatic heterocycles. The summed E-state index contributed by atoms with van der Waals surface area (Å²) in [5.74, 6) is 0.836. The second-order valence-corrected chi connectivity index (χ2v) is 6.88. The minimum atomic E-state index is -0.210. The van der Waals surface area contributed by atoms with Crippen LogP contribution in [0.15, 0.2) is 21.8 Å². The van der Waals surface area contributed by atoms with Gasteiger partial charge in [-0.05, 0) is 42.2 Å². The summed E-state index contributed by atoms with van der Waals surface area (Å²) in [5, 5.41) is 21.1. The average molecular weight is 437 g/mol. The van der Waals surface area contributed by atoms with Gasteiger partial charge in [0.05, 0.1) is 12.6 Å². The van der Waals surface area contributed by atoms with E-state index in [4.69, 9.17) is 0 Å². The SMILES string of the molecule is CCNC(=NCc1ccsc1)NCC1(C)CCCCC1O.I. The van der Waals surface area contributed by atoms with E-state index in [1.165, 1.54) is 12.0 Å². The topological polar surface area (TPSA) is 56.7 Å². The minimum Gasteiger partial charge on any atom is -0.392 e. The van der Waals surface area contributed by atoms with Gasteiger partial charge in [0, 0.05) is 18.5 Å². The number of hydrogen-bond donors (Lipinski definition) is 3. The van der Waals surface area contributed by atoms with Gasteiger partial charge in [-0.3, -0.25) is 0 Å².